The van der Waals surface area contributed by atoms with Crippen molar-refractivity contribution in [3.63, 3.8) is 0 Å². The standard InChI is InChI=1S/C14H22N2O2/c1-9-6-7-12(18-5)11(8-9)13(17)16-14(3,4)10(2)15/h6-8,10H,15H2,1-5H3,(H,16,17). The van der Waals surface area contributed by atoms with Gasteiger partial charge >= 0.3 is 0 Å². The summed E-state index contributed by atoms with van der Waals surface area (Å²) in [6.07, 6.45) is 0. The van der Waals surface area contributed by atoms with Gasteiger partial charge < -0.3 is 15.8 Å². The molecule has 4 nitrogen and oxygen atoms in total. The number of aryl methyl sites for hydroxylation is 1. The number of amides is 1. The van der Waals surface area contributed by atoms with Crippen LogP contribution in [0.5, 0.6) is 5.75 Å². The number of ether oxygens (including phenoxy) is 1. The Bertz CT molecular complexity index is 439. The third-order valence-corrected chi connectivity index (χ3v) is 3.17. The van der Waals surface area contributed by atoms with E-state index in [1.165, 1.54) is 0 Å². The summed E-state index contributed by atoms with van der Waals surface area (Å²) < 4.78 is 5.20. The van der Waals surface area contributed by atoms with Crippen molar-refractivity contribution < 1.29 is 9.53 Å². The Morgan fingerprint density at radius 1 is 1.44 bits per heavy atom. The lowest BCUT2D eigenvalue weighted by Gasteiger charge is -2.30. The first-order chi connectivity index (χ1) is 8.27. The van der Waals surface area contributed by atoms with Crippen molar-refractivity contribution in [3.8, 4) is 5.75 Å². The van der Waals surface area contributed by atoms with E-state index >= 15 is 0 Å². The molecule has 4 heteroatoms. The molecule has 1 unspecified atom stereocenters. The molecular weight excluding hydrogens is 228 g/mol. The smallest absolute Gasteiger partial charge is 0.255 e. The van der Waals surface area contributed by atoms with E-state index < -0.39 is 5.54 Å². The average molecular weight is 250 g/mol. The zero-order valence-electron chi connectivity index (χ0n) is 11.7. The molecule has 18 heavy (non-hydrogen) atoms. The Morgan fingerprint density at radius 2 is 2.06 bits per heavy atom. The lowest BCUT2D eigenvalue weighted by molar-refractivity contribution is 0.0900. The number of rotatable bonds is 4. The first-order valence-corrected chi connectivity index (χ1v) is 6.00. The molecule has 0 saturated heterocycles. The highest BCUT2D eigenvalue weighted by molar-refractivity contribution is 5.97. The first kappa shape index (κ1) is 14.5. The molecule has 1 rings (SSSR count). The normalized spacial score (nSPS) is 13.0. The quantitative estimate of drug-likeness (QED) is 0.857. The number of hydrogen-bond donors (Lipinski definition) is 2. The van der Waals surface area contributed by atoms with Crippen LogP contribution in [0.2, 0.25) is 0 Å². The van der Waals surface area contributed by atoms with E-state index in [1.54, 1.807) is 13.2 Å². The van der Waals surface area contributed by atoms with E-state index in [1.807, 2.05) is 39.8 Å². The minimum Gasteiger partial charge on any atom is -0.496 e. The van der Waals surface area contributed by atoms with Crippen molar-refractivity contribution in [1.29, 1.82) is 0 Å². The van der Waals surface area contributed by atoms with Crippen LogP contribution in [0.4, 0.5) is 0 Å². The van der Waals surface area contributed by atoms with Crippen molar-refractivity contribution in [2.75, 3.05) is 7.11 Å². The third-order valence-electron chi connectivity index (χ3n) is 3.17. The van der Waals surface area contributed by atoms with Crippen LogP contribution < -0.4 is 15.8 Å². The fraction of sp³-hybridized carbons (Fsp3) is 0.500. The minimum atomic E-state index is -0.466. The number of nitrogens with one attached hydrogen (secondary N) is 1. The molecule has 0 radical (unpaired) electrons. The monoisotopic (exact) mass is 250 g/mol. The fourth-order valence-corrected chi connectivity index (χ4v) is 1.47. The summed E-state index contributed by atoms with van der Waals surface area (Å²) in [7, 11) is 1.55. The van der Waals surface area contributed by atoms with E-state index in [-0.39, 0.29) is 11.9 Å². The molecule has 0 heterocycles. The van der Waals surface area contributed by atoms with E-state index in [0.717, 1.165) is 5.56 Å². The van der Waals surface area contributed by atoms with Crippen LogP contribution in [-0.4, -0.2) is 24.6 Å². The molecule has 100 valence electrons. The predicted molar refractivity (Wildman–Crippen MR) is 72.9 cm³/mol. The molecular formula is C14H22N2O2. The van der Waals surface area contributed by atoms with Crippen molar-refractivity contribution in [2.24, 2.45) is 5.73 Å². The summed E-state index contributed by atoms with van der Waals surface area (Å²) in [5.74, 6) is 0.399. The topological polar surface area (TPSA) is 64.3 Å². The zero-order chi connectivity index (χ0) is 13.9. The van der Waals surface area contributed by atoms with Gasteiger partial charge in [0.05, 0.1) is 12.7 Å². The van der Waals surface area contributed by atoms with Crippen molar-refractivity contribution in [1.82, 2.24) is 5.32 Å². The van der Waals surface area contributed by atoms with Gasteiger partial charge in [-0.1, -0.05) is 11.6 Å². The summed E-state index contributed by atoms with van der Waals surface area (Å²) in [5.41, 5.74) is 6.93. The van der Waals surface area contributed by atoms with Crippen LogP contribution in [0, 0.1) is 6.92 Å². The minimum absolute atomic E-state index is 0.141. The summed E-state index contributed by atoms with van der Waals surface area (Å²) >= 11 is 0. The molecule has 0 spiro atoms. The molecule has 1 amide bonds. The summed E-state index contributed by atoms with van der Waals surface area (Å²) in [6.45, 7) is 7.61. The van der Waals surface area contributed by atoms with Gasteiger partial charge in [0, 0.05) is 11.6 Å². The number of nitrogens with two attached hydrogens (primary N) is 1. The Hall–Kier alpha value is -1.55. The Labute approximate surface area is 109 Å². The van der Waals surface area contributed by atoms with E-state index in [2.05, 4.69) is 5.32 Å². The van der Waals surface area contributed by atoms with Gasteiger partial charge in [-0.15, -0.1) is 0 Å². The fourth-order valence-electron chi connectivity index (χ4n) is 1.47. The van der Waals surface area contributed by atoms with Crippen molar-refractivity contribution >= 4 is 5.91 Å². The Kier molecular flexibility index (Phi) is 4.35. The Balaban J connectivity index is 3.01. The first-order valence-electron chi connectivity index (χ1n) is 6.00. The number of hydrogen-bond acceptors (Lipinski definition) is 3. The van der Waals surface area contributed by atoms with Gasteiger partial charge in [0.25, 0.3) is 5.91 Å². The molecule has 0 bridgehead atoms. The van der Waals surface area contributed by atoms with Crippen molar-refractivity contribution in [3.05, 3.63) is 29.3 Å². The van der Waals surface area contributed by atoms with Gasteiger partial charge in [-0.25, -0.2) is 0 Å². The molecule has 0 aliphatic heterocycles. The highest BCUT2D eigenvalue weighted by Crippen LogP contribution is 2.20. The van der Waals surface area contributed by atoms with Gasteiger partial charge in [-0.05, 0) is 39.8 Å². The third kappa shape index (κ3) is 3.23. The second-order valence-electron chi connectivity index (χ2n) is 5.17. The largest absolute Gasteiger partial charge is 0.496 e. The van der Waals surface area contributed by atoms with Crippen LogP contribution in [0.1, 0.15) is 36.7 Å². The van der Waals surface area contributed by atoms with E-state index in [0.29, 0.717) is 11.3 Å². The summed E-state index contributed by atoms with van der Waals surface area (Å²) in [5, 5.41) is 2.93. The lowest BCUT2D eigenvalue weighted by atomic mass is 9.96. The molecule has 0 fully saturated rings. The van der Waals surface area contributed by atoms with Crippen LogP contribution in [0.15, 0.2) is 18.2 Å². The number of carbonyl (C=O) groups excluding carboxylic acids is 1. The van der Waals surface area contributed by atoms with Crippen molar-refractivity contribution in [2.45, 2.75) is 39.3 Å². The molecule has 0 aromatic heterocycles. The number of benzene rings is 1. The summed E-state index contributed by atoms with van der Waals surface area (Å²) in [6, 6.07) is 5.37. The maximum atomic E-state index is 12.3. The average Bonchev–Trinajstić information content (AvgIpc) is 2.28. The highest BCUT2D eigenvalue weighted by atomic mass is 16.5. The van der Waals surface area contributed by atoms with Gasteiger partial charge in [-0.2, -0.15) is 0 Å². The van der Waals surface area contributed by atoms with Gasteiger partial charge in [-0.3, -0.25) is 4.79 Å². The molecule has 3 N–H and O–H groups in total. The summed E-state index contributed by atoms with van der Waals surface area (Å²) in [4.78, 5) is 12.3. The van der Waals surface area contributed by atoms with Crippen LogP contribution >= 0.6 is 0 Å². The molecule has 0 saturated carbocycles. The lowest BCUT2D eigenvalue weighted by Crippen LogP contribution is -2.54. The molecule has 1 aromatic carbocycles. The van der Waals surface area contributed by atoms with Crippen LogP contribution in [-0.2, 0) is 0 Å². The molecule has 0 aliphatic carbocycles. The predicted octanol–water partition coefficient (Wildman–Crippen LogP) is 1.86. The molecule has 0 aliphatic rings. The van der Waals surface area contributed by atoms with Gasteiger partial charge in [0.2, 0.25) is 0 Å². The SMILES string of the molecule is COc1ccc(C)cc1C(=O)NC(C)(C)C(C)N. The van der Waals surface area contributed by atoms with Crippen LogP contribution in [0.3, 0.4) is 0 Å². The zero-order valence-corrected chi connectivity index (χ0v) is 11.7. The van der Waals surface area contributed by atoms with E-state index in [9.17, 15) is 4.79 Å². The maximum absolute atomic E-state index is 12.3. The Morgan fingerprint density at radius 3 is 2.56 bits per heavy atom. The second-order valence-corrected chi connectivity index (χ2v) is 5.17. The second kappa shape index (κ2) is 5.40. The number of methoxy groups -OCH3 is 1. The number of carbonyl (C=O) groups is 1. The van der Waals surface area contributed by atoms with Gasteiger partial charge in [0.1, 0.15) is 5.75 Å². The van der Waals surface area contributed by atoms with E-state index in [4.69, 9.17) is 10.5 Å². The maximum Gasteiger partial charge on any atom is 0.255 e. The molecule has 1 atom stereocenters. The van der Waals surface area contributed by atoms with Gasteiger partial charge in [0.15, 0.2) is 0 Å². The highest BCUT2D eigenvalue weighted by Gasteiger charge is 2.26. The molecule has 1 aromatic rings. The van der Waals surface area contributed by atoms with Crippen LogP contribution in [0.25, 0.3) is 0 Å².